The van der Waals surface area contributed by atoms with Gasteiger partial charge in [0.1, 0.15) is 0 Å². The fraction of sp³-hybridized carbons (Fsp3) is 0.200. The van der Waals surface area contributed by atoms with E-state index in [1.165, 1.54) is 0 Å². The molecule has 0 aliphatic carbocycles. The van der Waals surface area contributed by atoms with Crippen LogP contribution in [-0.2, 0) is 4.57 Å². The van der Waals surface area contributed by atoms with Crippen LogP contribution < -0.4 is 5.09 Å². The van der Waals surface area contributed by atoms with Crippen molar-refractivity contribution in [2.45, 2.75) is 0 Å². The monoisotopic (exact) mass is 383 g/mol. The van der Waals surface area contributed by atoms with Crippen molar-refractivity contribution in [2.75, 3.05) is 7.05 Å². The molecule has 10 heavy (non-hydrogen) atoms. The number of nitrogens with one attached hydrogen (secondary N) is 1. The lowest BCUT2D eigenvalue weighted by Crippen LogP contribution is -1.96. The van der Waals surface area contributed by atoms with Gasteiger partial charge in [0.25, 0.3) is 0 Å². The summed E-state index contributed by atoms with van der Waals surface area (Å²) in [7, 11) is -0.638. The van der Waals surface area contributed by atoms with Crippen LogP contribution in [0.3, 0.4) is 0 Å². The van der Waals surface area contributed by atoms with Gasteiger partial charge in [0, 0.05) is 0 Å². The topological polar surface area (TPSA) is 29.1 Å². The Labute approximate surface area is 88.2 Å². The van der Waals surface area contributed by atoms with Crippen LogP contribution in [0.4, 0.5) is 0 Å². The van der Waals surface area contributed by atoms with Crippen LogP contribution in [0.1, 0.15) is 0 Å². The molecule has 0 aromatic heterocycles. The zero-order valence-corrected chi connectivity index (χ0v) is 10.6. The van der Waals surface area contributed by atoms with Crippen LogP contribution in [-0.4, -0.2) is 7.05 Å². The summed E-state index contributed by atoms with van der Waals surface area (Å²) in [6.45, 7) is 0. The molecule has 0 heterocycles. The molecule has 0 aliphatic rings. The molecule has 1 atom stereocenters. The summed E-state index contributed by atoms with van der Waals surface area (Å²) in [4.78, 5) is 0. The van der Waals surface area contributed by atoms with E-state index in [-0.39, 0.29) is 0 Å². The largest absolute Gasteiger partial charge is 0.298 e. The molecule has 0 amide bonds. The Hall–Kier alpha value is 1.13. The summed E-state index contributed by atoms with van der Waals surface area (Å²) >= 11 is 4.09. The molecule has 58 valence electrons. The Kier molecular flexibility index (Phi) is 6.39. The molecule has 0 saturated heterocycles. The lowest BCUT2D eigenvalue weighted by atomic mass is 11.2. The highest BCUT2D eigenvalue weighted by molar-refractivity contribution is 14.1. The van der Waals surface area contributed by atoms with Gasteiger partial charge in [-0.25, -0.2) is 0 Å². The first-order valence-electron chi connectivity index (χ1n) is 2.53. The van der Waals surface area contributed by atoms with Gasteiger partial charge in [-0.15, -0.1) is 0 Å². The average Bonchev–Trinajstić information content (AvgIpc) is 1.89. The molecule has 0 saturated carbocycles. The van der Waals surface area contributed by atoms with Gasteiger partial charge in [0.2, 0.25) is 0 Å². The highest BCUT2D eigenvalue weighted by Gasteiger charge is 2.08. The van der Waals surface area contributed by atoms with E-state index in [1.807, 2.05) is 45.2 Å². The van der Waals surface area contributed by atoms with Gasteiger partial charge in [-0.2, -0.15) is 0 Å². The van der Waals surface area contributed by atoms with Crippen molar-refractivity contribution in [2.24, 2.45) is 0 Å². The van der Waals surface area contributed by atoms with E-state index < -0.39 is 7.29 Å². The number of hydrogen-bond acceptors (Lipinski definition) is 1. The first kappa shape index (κ1) is 11.1. The molecular formula is C5H8I2NOP. The average molecular weight is 383 g/mol. The Morgan fingerprint density at radius 3 is 1.90 bits per heavy atom. The second-order valence-corrected chi connectivity index (χ2v) is 5.38. The van der Waals surface area contributed by atoms with E-state index in [2.05, 4.69) is 5.09 Å². The second-order valence-electron chi connectivity index (χ2n) is 1.48. The van der Waals surface area contributed by atoms with Gasteiger partial charge in [0.15, 0.2) is 7.29 Å². The summed E-state index contributed by atoms with van der Waals surface area (Å²) in [6.07, 6.45) is 0. The Morgan fingerprint density at radius 1 is 1.30 bits per heavy atom. The molecular weight excluding hydrogens is 375 g/mol. The summed E-state index contributed by atoms with van der Waals surface area (Å²) in [5.41, 5.74) is 0. The van der Waals surface area contributed by atoms with Crippen molar-refractivity contribution in [3.8, 4) is 0 Å². The summed E-state index contributed by atoms with van der Waals surface area (Å²) in [5, 5.41) is 2.75. The van der Waals surface area contributed by atoms with Crippen LogP contribution in [0.5, 0.6) is 0 Å². The van der Waals surface area contributed by atoms with Crippen LogP contribution in [0.2, 0.25) is 0 Å². The van der Waals surface area contributed by atoms with E-state index in [9.17, 15) is 4.57 Å². The molecule has 5 heteroatoms. The maximum atomic E-state index is 11.5. The van der Waals surface area contributed by atoms with Gasteiger partial charge in [-0.3, -0.25) is 9.65 Å². The first-order valence-corrected chi connectivity index (χ1v) is 6.86. The third kappa shape index (κ3) is 4.10. The van der Waals surface area contributed by atoms with Crippen molar-refractivity contribution in [3.05, 3.63) is 19.8 Å². The minimum atomic E-state index is -2.33. The standard InChI is InChI=1S/C5H8I2NOP/c1-8-10(9,4-2-6)5-3-7/h2-5H,1H3,(H,8,9)/b4-2-,5-3+. The molecule has 0 fully saturated rings. The summed E-state index contributed by atoms with van der Waals surface area (Å²) in [5.74, 6) is 3.34. The van der Waals surface area contributed by atoms with Crippen LogP contribution in [0, 0.1) is 0 Å². The number of rotatable bonds is 3. The molecule has 1 N–H and O–H groups in total. The molecule has 0 spiro atoms. The molecule has 0 aromatic rings. The highest BCUT2D eigenvalue weighted by atomic mass is 127. The van der Waals surface area contributed by atoms with Crippen LogP contribution in [0.15, 0.2) is 19.8 Å². The Bertz CT molecular complexity index is 174. The third-order valence-corrected chi connectivity index (χ3v) is 4.65. The molecule has 0 radical (unpaired) electrons. The van der Waals surface area contributed by atoms with E-state index >= 15 is 0 Å². The zero-order chi connectivity index (χ0) is 8.04. The van der Waals surface area contributed by atoms with Gasteiger partial charge in [-0.05, 0) is 26.8 Å². The minimum Gasteiger partial charge on any atom is -0.298 e. The first-order chi connectivity index (χ1) is 4.68. The quantitative estimate of drug-likeness (QED) is 0.599. The number of hydrogen-bond donors (Lipinski definition) is 1. The fourth-order valence-corrected chi connectivity index (χ4v) is 3.97. The maximum absolute atomic E-state index is 11.5. The van der Waals surface area contributed by atoms with Gasteiger partial charge < -0.3 is 0 Å². The van der Waals surface area contributed by atoms with E-state index in [0.717, 1.165) is 0 Å². The van der Waals surface area contributed by atoms with Gasteiger partial charge in [-0.1, -0.05) is 45.2 Å². The molecule has 1 unspecified atom stereocenters. The van der Waals surface area contributed by atoms with E-state index in [0.29, 0.717) is 0 Å². The van der Waals surface area contributed by atoms with Gasteiger partial charge in [0.05, 0.1) is 0 Å². The highest BCUT2D eigenvalue weighted by Crippen LogP contribution is 2.44. The normalized spacial score (nSPS) is 18.3. The Balaban J connectivity index is 4.39. The molecule has 0 aromatic carbocycles. The SMILES string of the molecule is CNP(=O)(/C=C\I)/C=C/I. The smallest absolute Gasteiger partial charge is 0.191 e. The number of halogens is 2. The van der Waals surface area contributed by atoms with E-state index in [4.69, 9.17) is 0 Å². The zero-order valence-electron chi connectivity index (χ0n) is 5.42. The summed E-state index contributed by atoms with van der Waals surface area (Å²) < 4.78 is 15.0. The maximum Gasteiger partial charge on any atom is 0.191 e. The predicted octanol–water partition coefficient (Wildman–Crippen LogP) is 3.30. The molecule has 0 rings (SSSR count). The van der Waals surface area contributed by atoms with Crippen molar-refractivity contribution >= 4 is 52.5 Å². The lowest BCUT2D eigenvalue weighted by molar-refractivity contribution is 0.581. The van der Waals surface area contributed by atoms with Crippen molar-refractivity contribution < 1.29 is 4.57 Å². The van der Waals surface area contributed by atoms with Crippen molar-refractivity contribution in [1.29, 1.82) is 0 Å². The second kappa shape index (κ2) is 5.74. The predicted molar refractivity (Wildman–Crippen MR) is 63.0 cm³/mol. The van der Waals surface area contributed by atoms with Crippen LogP contribution in [0.25, 0.3) is 0 Å². The van der Waals surface area contributed by atoms with Gasteiger partial charge >= 0.3 is 0 Å². The van der Waals surface area contributed by atoms with E-state index in [1.54, 1.807) is 26.8 Å². The minimum absolute atomic E-state index is 1.67. The molecule has 0 bridgehead atoms. The Morgan fingerprint density at radius 2 is 1.70 bits per heavy atom. The molecule has 0 aliphatic heterocycles. The fourth-order valence-electron chi connectivity index (χ4n) is 0.366. The third-order valence-electron chi connectivity index (χ3n) is 0.905. The van der Waals surface area contributed by atoms with Crippen molar-refractivity contribution in [3.63, 3.8) is 0 Å². The van der Waals surface area contributed by atoms with Crippen molar-refractivity contribution in [1.82, 2.24) is 5.09 Å². The lowest BCUT2D eigenvalue weighted by Gasteiger charge is -2.04. The van der Waals surface area contributed by atoms with Crippen LogP contribution >= 0.6 is 52.5 Å². The molecule has 2 nitrogen and oxygen atoms in total. The summed E-state index contributed by atoms with van der Waals surface area (Å²) in [6, 6.07) is 0.